The highest BCUT2D eigenvalue weighted by Crippen LogP contribution is 2.48. The van der Waals surface area contributed by atoms with Crippen LogP contribution in [-0.4, -0.2) is 25.7 Å². The molecule has 1 aliphatic carbocycles. The zero-order valence-corrected chi connectivity index (χ0v) is 8.19. The summed E-state index contributed by atoms with van der Waals surface area (Å²) in [7, 11) is 0. The Labute approximate surface area is 82.6 Å². The maximum absolute atomic E-state index is 11.3. The van der Waals surface area contributed by atoms with Crippen molar-refractivity contribution in [2.45, 2.75) is 19.8 Å². The van der Waals surface area contributed by atoms with Gasteiger partial charge in [-0.3, -0.25) is 9.59 Å². The van der Waals surface area contributed by atoms with Gasteiger partial charge in [-0.05, 0) is 12.8 Å². The van der Waals surface area contributed by atoms with Crippen LogP contribution in [0.1, 0.15) is 19.8 Å². The van der Waals surface area contributed by atoms with Crippen LogP contribution in [0.25, 0.3) is 0 Å². The van der Waals surface area contributed by atoms with Gasteiger partial charge in [-0.25, -0.2) is 0 Å². The van der Waals surface area contributed by atoms with Crippen LogP contribution < -0.4 is 0 Å². The molecule has 2 aliphatic rings. The largest absolute Gasteiger partial charge is 0.467 e. The van der Waals surface area contributed by atoms with E-state index in [4.69, 9.17) is 9.47 Å². The Morgan fingerprint density at radius 1 is 1.64 bits per heavy atom. The lowest BCUT2D eigenvalue weighted by atomic mass is 9.88. The molecule has 0 amide bonds. The van der Waals surface area contributed by atoms with Crippen molar-refractivity contribution in [2.24, 2.45) is 17.3 Å². The summed E-state index contributed by atoms with van der Waals surface area (Å²) >= 11 is 0. The second-order valence-corrected chi connectivity index (χ2v) is 4.62. The fraction of sp³-hybridized carbons (Fsp3) is 0.800. The summed E-state index contributed by atoms with van der Waals surface area (Å²) in [6.07, 6.45) is 1.70. The van der Waals surface area contributed by atoms with Crippen LogP contribution in [0.15, 0.2) is 0 Å². The van der Waals surface area contributed by atoms with Gasteiger partial charge in [0, 0.05) is 11.3 Å². The Kier molecular flexibility index (Phi) is 2.21. The lowest BCUT2D eigenvalue weighted by molar-refractivity contribution is -0.142. The highest BCUT2D eigenvalue weighted by Gasteiger charge is 2.50. The number of ether oxygens (including phenoxy) is 2. The van der Waals surface area contributed by atoms with Crippen molar-refractivity contribution >= 4 is 12.4 Å². The van der Waals surface area contributed by atoms with E-state index in [1.807, 2.05) is 0 Å². The van der Waals surface area contributed by atoms with Crippen LogP contribution in [-0.2, 0) is 19.1 Å². The molecule has 4 heteroatoms. The predicted octanol–water partition coefficient (Wildman–Crippen LogP) is 0.749. The molecule has 1 saturated heterocycles. The Bertz CT molecular complexity index is 263. The molecule has 0 radical (unpaired) electrons. The van der Waals surface area contributed by atoms with Crippen LogP contribution in [0, 0.1) is 17.3 Å². The zero-order chi connectivity index (χ0) is 10.2. The molecule has 1 saturated carbocycles. The number of carbonyl (C=O) groups is 2. The SMILES string of the molecule is CC1(COC=O)CC2COC(=O)C2C1. The second kappa shape index (κ2) is 3.26. The number of hydrogen-bond donors (Lipinski definition) is 0. The van der Waals surface area contributed by atoms with Crippen molar-refractivity contribution in [3.8, 4) is 0 Å². The van der Waals surface area contributed by atoms with Crippen LogP contribution >= 0.6 is 0 Å². The van der Waals surface area contributed by atoms with E-state index in [2.05, 4.69) is 6.92 Å². The van der Waals surface area contributed by atoms with Gasteiger partial charge in [-0.1, -0.05) is 6.92 Å². The van der Waals surface area contributed by atoms with Crippen molar-refractivity contribution in [3.63, 3.8) is 0 Å². The van der Waals surface area contributed by atoms with Gasteiger partial charge >= 0.3 is 5.97 Å². The molecular formula is C10H14O4. The normalized spacial score (nSPS) is 40.5. The fourth-order valence-electron chi connectivity index (χ4n) is 2.66. The first-order valence-electron chi connectivity index (χ1n) is 4.86. The van der Waals surface area contributed by atoms with Gasteiger partial charge < -0.3 is 9.47 Å². The van der Waals surface area contributed by atoms with Crippen LogP contribution in [0.3, 0.4) is 0 Å². The summed E-state index contributed by atoms with van der Waals surface area (Å²) in [5, 5.41) is 0. The van der Waals surface area contributed by atoms with Crippen molar-refractivity contribution in [2.75, 3.05) is 13.2 Å². The minimum atomic E-state index is -0.0789. The molecule has 1 aliphatic heterocycles. The summed E-state index contributed by atoms with van der Waals surface area (Å²) < 4.78 is 9.76. The van der Waals surface area contributed by atoms with Gasteiger partial charge in [0.15, 0.2) is 0 Å². The minimum absolute atomic E-state index is 0.0321. The van der Waals surface area contributed by atoms with Gasteiger partial charge in [-0.15, -0.1) is 0 Å². The lowest BCUT2D eigenvalue weighted by Gasteiger charge is -2.22. The second-order valence-electron chi connectivity index (χ2n) is 4.62. The lowest BCUT2D eigenvalue weighted by Crippen LogP contribution is -2.22. The van der Waals surface area contributed by atoms with Gasteiger partial charge in [0.25, 0.3) is 6.47 Å². The van der Waals surface area contributed by atoms with E-state index in [0.29, 0.717) is 25.6 Å². The van der Waals surface area contributed by atoms with E-state index in [9.17, 15) is 9.59 Å². The van der Waals surface area contributed by atoms with Crippen LogP contribution in [0.4, 0.5) is 0 Å². The average Bonchev–Trinajstić information content (AvgIpc) is 2.63. The van der Waals surface area contributed by atoms with Crippen molar-refractivity contribution < 1.29 is 19.1 Å². The Morgan fingerprint density at radius 3 is 3.07 bits per heavy atom. The van der Waals surface area contributed by atoms with Crippen molar-refractivity contribution in [3.05, 3.63) is 0 Å². The summed E-state index contributed by atoms with van der Waals surface area (Å²) in [5.74, 6) is 0.294. The fourth-order valence-corrected chi connectivity index (χ4v) is 2.66. The van der Waals surface area contributed by atoms with Gasteiger partial charge in [0.2, 0.25) is 0 Å². The third kappa shape index (κ3) is 1.49. The highest BCUT2D eigenvalue weighted by atomic mass is 16.5. The Balaban J connectivity index is 1.99. The molecular weight excluding hydrogens is 184 g/mol. The zero-order valence-electron chi connectivity index (χ0n) is 8.19. The molecule has 3 atom stereocenters. The van der Waals surface area contributed by atoms with E-state index < -0.39 is 0 Å². The first-order chi connectivity index (χ1) is 6.64. The molecule has 2 rings (SSSR count). The van der Waals surface area contributed by atoms with Gasteiger partial charge in [0.05, 0.1) is 19.1 Å². The summed E-state index contributed by atoms with van der Waals surface area (Å²) in [5.41, 5.74) is -0.0321. The van der Waals surface area contributed by atoms with Crippen molar-refractivity contribution in [1.29, 1.82) is 0 Å². The molecule has 3 unspecified atom stereocenters. The number of hydrogen-bond acceptors (Lipinski definition) is 4. The average molecular weight is 198 g/mol. The third-order valence-corrected chi connectivity index (χ3v) is 3.28. The molecule has 78 valence electrons. The molecule has 0 bridgehead atoms. The summed E-state index contributed by atoms with van der Waals surface area (Å²) in [6.45, 7) is 3.48. The Hall–Kier alpha value is -1.06. The summed E-state index contributed by atoms with van der Waals surface area (Å²) in [4.78, 5) is 21.4. The van der Waals surface area contributed by atoms with Gasteiger partial charge in [0.1, 0.15) is 0 Å². The molecule has 0 spiro atoms. The molecule has 14 heavy (non-hydrogen) atoms. The summed E-state index contributed by atoms with van der Waals surface area (Å²) in [6, 6.07) is 0. The predicted molar refractivity (Wildman–Crippen MR) is 47.3 cm³/mol. The number of cyclic esters (lactones) is 1. The standard InChI is InChI=1S/C10H14O4/c1-10(5-13-6-11)2-7-4-14-9(12)8(7)3-10/h6-8H,2-5H2,1H3. The molecule has 0 aromatic carbocycles. The molecule has 0 aromatic heterocycles. The maximum atomic E-state index is 11.3. The monoisotopic (exact) mass is 198 g/mol. The smallest absolute Gasteiger partial charge is 0.309 e. The minimum Gasteiger partial charge on any atom is -0.467 e. The Morgan fingerprint density at radius 2 is 2.43 bits per heavy atom. The first-order valence-corrected chi connectivity index (χ1v) is 4.86. The topological polar surface area (TPSA) is 52.6 Å². The van der Waals surface area contributed by atoms with E-state index in [-0.39, 0.29) is 17.3 Å². The molecule has 0 aromatic rings. The quantitative estimate of drug-likeness (QED) is 0.496. The highest BCUT2D eigenvalue weighted by molar-refractivity contribution is 5.75. The van der Waals surface area contributed by atoms with E-state index in [1.54, 1.807) is 0 Å². The van der Waals surface area contributed by atoms with Crippen molar-refractivity contribution in [1.82, 2.24) is 0 Å². The third-order valence-electron chi connectivity index (χ3n) is 3.28. The number of rotatable bonds is 3. The molecule has 2 fully saturated rings. The van der Waals surface area contributed by atoms with Crippen LogP contribution in [0.5, 0.6) is 0 Å². The van der Waals surface area contributed by atoms with E-state index >= 15 is 0 Å². The maximum Gasteiger partial charge on any atom is 0.309 e. The number of esters is 1. The molecule has 0 N–H and O–H groups in total. The van der Waals surface area contributed by atoms with E-state index in [1.165, 1.54) is 0 Å². The number of carbonyl (C=O) groups excluding carboxylic acids is 2. The first kappa shape index (κ1) is 9.49. The molecule has 1 heterocycles. The van der Waals surface area contributed by atoms with Crippen LogP contribution in [0.2, 0.25) is 0 Å². The van der Waals surface area contributed by atoms with E-state index in [0.717, 1.165) is 12.8 Å². The number of fused-ring (bicyclic) bond motifs is 1. The van der Waals surface area contributed by atoms with Gasteiger partial charge in [-0.2, -0.15) is 0 Å². The molecule has 4 nitrogen and oxygen atoms in total.